The minimum atomic E-state index is 0.0282. The molecule has 7 nitrogen and oxygen atoms in total. The van der Waals surface area contributed by atoms with Crippen LogP contribution < -0.4 is 10.6 Å². The number of benzene rings is 2. The summed E-state index contributed by atoms with van der Waals surface area (Å²) in [5, 5.41) is 15.4. The third kappa shape index (κ3) is 3.72. The Bertz CT molecular complexity index is 1110. The summed E-state index contributed by atoms with van der Waals surface area (Å²) in [5.74, 6) is 0.926. The van der Waals surface area contributed by atoms with E-state index in [0.717, 1.165) is 22.3 Å². The minimum absolute atomic E-state index is 0.0282. The Hall–Kier alpha value is -3.87. The summed E-state index contributed by atoms with van der Waals surface area (Å²) in [7, 11) is 0. The third-order valence-corrected chi connectivity index (χ3v) is 4.00. The number of nitrogens with zero attached hydrogens (tertiary/aromatic N) is 4. The molecule has 0 atom stereocenters. The maximum atomic E-state index is 11.4. The quantitative estimate of drug-likeness (QED) is 0.520. The van der Waals surface area contributed by atoms with Gasteiger partial charge in [-0.05, 0) is 43.3 Å². The standard InChI is InChI=1S/C20H16N6O/c1-13(27)14-7-9-16(10-8-14)23-18-12-22-26-20(25-18)24-17-6-2-4-15-5-3-11-21-19(15)17/h2-12H,1H3,(H2,23,24,25,26). The maximum absolute atomic E-state index is 11.4. The number of nitrogens with one attached hydrogen (secondary N) is 2. The first-order valence-electron chi connectivity index (χ1n) is 8.37. The van der Waals surface area contributed by atoms with Crippen molar-refractivity contribution in [3.8, 4) is 0 Å². The molecule has 0 radical (unpaired) electrons. The molecule has 27 heavy (non-hydrogen) atoms. The lowest BCUT2D eigenvalue weighted by atomic mass is 10.1. The molecule has 0 fully saturated rings. The largest absolute Gasteiger partial charge is 0.339 e. The second-order valence-corrected chi connectivity index (χ2v) is 5.93. The molecule has 2 heterocycles. The van der Waals surface area contributed by atoms with Crippen LogP contribution in [-0.2, 0) is 0 Å². The van der Waals surface area contributed by atoms with Gasteiger partial charge in [0.2, 0.25) is 5.95 Å². The van der Waals surface area contributed by atoms with E-state index in [4.69, 9.17) is 0 Å². The molecule has 7 heteroatoms. The topological polar surface area (TPSA) is 92.7 Å². The van der Waals surface area contributed by atoms with Gasteiger partial charge in [-0.25, -0.2) is 0 Å². The van der Waals surface area contributed by atoms with E-state index in [9.17, 15) is 4.79 Å². The fourth-order valence-electron chi connectivity index (χ4n) is 2.68. The van der Waals surface area contributed by atoms with Gasteiger partial charge in [0.05, 0.1) is 17.4 Å². The number of rotatable bonds is 5. The molecule has 0 spiro atoms. The van der Waals surface area contributed by atoms with Gasteiger partial charge < -0.3 is 10.6 Å². The van der Waals surface area contributed by atoms with E-state index in [-0.39, 0.29) is 5.78 Å². The molecule has 0 aliphatic rings. The highest BCUT2D eigenvalue weighted by Gasteiger charge is 2.06. The molecule has 0 saturated carbocycles. The van der Waals surface area contributed by atoms with Crippen molar-refractivity contribution < 1.29 is 4.79 Å². The van der Waals surface area contributed by atoms with Gasteiger partial charge >= 0.3 is 0 Å². The Morgan fingerprint density at radius 1 is 0.963 bits per heavy atom. The van der Waals surface area contributed by atoms with Crippen molar-refractivity contribution >= 4 is 39.8 Å². The van der Waals surface area contributed by atoms with E-state index in [1.54, 1.807) is 18.3 Å². The number of hydrogen-bond donors (Lipinski definition) is 2. The monoisotopic (exact) mass is 356 g/mol. The van der Waals surface area contributed by atoms with Crippen LogP contribution in [-0.4, -0.2) is 25.9 Å². The molecule has 2 aromatic heterocycles. The lowest BCUT2D eigenvalue weighted by Crippen LogP contribution is -2.03. The molecular weight excluding hydrogens is 340 g/mol. The molecule has 0 amide bonds. The summed E-state index contributed by atoms with van der Waals surface area (Å²) < 4.78 is 0. The van der Waals surface area contributed by atoms with Crippen molar-refractivity contribution in [2.75, 3.05) is 10.6 Å². The van der Waals surface area contributed by atoms with Crippen LogP contribution in [0, 0.1) is 0 Å². The van der Waals surface area contributed by atoms with E-state index in [0.29, 0.717) is 17.3 Å². The molecule has 4 rings (SSSR count). The van der Waals surface area contributed by atoms with Gasteiger partial charge in [0, 0.05) is 22.8 Å². The zero-order valence-corrected chi connectivity index (χ0v) is 14.5. The van der Waals surface area contributed by atoms with E-state index in [2.05, 4.69) is 30.8 Å². The molecule has 4 aromatic rings. The number of anilines is 4. The number of Topliss-reactive ketones (excluding diaryl/α,β-unsaturated/α-hetero) is 1. The fraction of sp³-hybridized carbons (Fsp3) is 0.0500. The molecule has 132 valence electrons. The SMILES string of the molecule is CC(=O)c1ccc(Nc2cnnc(Nc3cccc4cccnc34)n2)cc1. The number of ketones is 1. The Morgan fingerprint density at radius 3 is 2.59 bits per heavy atom. The van der Waals surface area contributed by atoms with Crippen LogP contribution in [0.15, 0.2) is 67.0 Å². The maximum Gasteiger partial charge on any atom is 0.249 e. The number of aromatic nitrogens is 4. The summed E-state index contributed by atoms with van der Waals surface area (Å²) in [6.07, 6.45) is 3.28. The average molecular weight is 356 g/mol. The molecule has 2 aromatic carbocycles. The predicted octanol–water partition coefficient (Wildman–Crippen LogP) is 4.11. The van der Waals surface area contributed by atoms with E-state index in [1.165, 1.54) is 13.1 Å². The zero-order chi connectivity index (χ0) is 18.6. The van der Waals surface area contributed by atoms with Crippen LogP contribution in [0.3, 0.4) is 0 Å². The first-order chi connectivity index (χ1) is 13.2. The summed E-state index contributed by atoms with van der Waals surface area (Å²) in [6, 6.07) is 16.9. The highest BCUT2D eigenvalue weighted by Crippen LogP contribution is 2.23. The van der Waals surface area contributed by atoms with Crippen LogP contribution in [0.5, 0.6) is 0 Å². The lowest BCUT2D eigenvalue weighted by Gasteiger charge is -2.09. The van der Waals surface area contributed by atoms with Crippen LogP contribution in [0.4, 0.5) is 23.1 Å². The van der Waals surface area contributed by atoms with Crippen molar-refractivity contribution in [1.29, 1.82) is 0 Å². The van der Waals surface area contributed by atoms with Gasteiger partial charge in [-0.3, -0.25) is 9.78 Å². The summed E-state index contributed by atoms with van der Waals surface area (Å²) in [4.78, 5) is 20.2. The van der Waals surface area contributed by atoms with Gasteiger partial charge in [0.25, 0.3) is 0 Å². The Labute approximate surface area is 155 Å². The van der Waals surface area contributed by atoms with Crippen LogP contribution >= 0.6 is 0 Å². The third-order valence-electron chi connectivity index (χ3n) is 4.00. The number of pyridine rings is 1. The normalized spacial score (nSPS) is 10.6. The van der Waals surface area contributed by atoms with E-state index >= 15 is 0 Å². The van der Waals surface area contributed by atoms with Crippen LogP contribution in [0.1, 0.15) is 17.3 Å². The lowest BCUT2D eigenvalue weighted by molar-refractivity contribution is 0.101. The zero-order valence-electron chi connectivity index (χ0n) is 14.5. The van der Waals surface area contributed by atoms with Crippen molar-refractivity contribution in [2.45, 2.75) is 6.92 Å². The first kappa shape index (κ1) is 16.6. The first-order valence-corrected chi connectivity index (χ1v) is 8.37. The van der Waals surface area contributed by atoms with E-state index in [1.807, 2.05) is 42.5 Å². The summed E-state index contributed by atoms with van der Waals surface area (Å²) >= 11 is 0. The van der Waals surface area contributed by atoms with Gasteiger partial charge in [0.15, 0.2) is 11.6 Å². The molecule has 0 aliphatic heterocycles. The van der Waals surface area contributed by atoms with Crippen molar-refractivity contribution in [3.05, 3.63) is 72.6 Å². The van der Waals surface area contributed by atoms with Crippen molar-refractivity contribution in [1.82, 2.24) is 20.2 Å². The number of hydrogen-bond acceptors (Lipinski definition) is 7. The predicted molar refractivity (Wildman–Crippen MR) is 105 cm³/mol. The number of carbonyl (C=O) groups excluding carboxylic acids is 1. The molecule has 0 aliphatic carbocycles. The van der Waals surface area contributed by atoms with Gasteiger partial charge in [-0.2, -0.15) is 10.1 Å². The number of para-hydroxylation sites is 1. The van der Waals surface area contributed by atoms with E-state index < -0.39 is 0 Å². The minimum Gasteiger partial charge on any atom is -0.339 e. The Kier molecular flexibility index (Phi) is 4.40. The summed E-state index contributed by atoms with van der Waals surface area (Å²) in [5.41, 5.74) is 3.10. The highest BCUT2D eigenvalue weighted by atomic mass is 16.1. The fourth-order valence-corrected chi connectivity index (χ4v) is 2.68. The second kappa shape index (κ2) is 7.17. The number of carbonyl (C=O) groups is 1. The van der Waals surface area contributed by atoms with Gasteiger partial charge in [-0.1, -0.05) is 18.2 Å². The van der Waals surface area contributed by atoms with Crippen LogP contribution in [0.25, 0.3) is 10.9 Å². The van der Waals surface area contributed by atoms with Crippen molar-refractivity contribution in [2.24, 2.45) is 0 Å². The Balaban J connectivity index is 1.56. The highest BCUT2D eigenvalue weighted by molar-refractivity contribution is 5.94. The molecule has 0 bridgehead atoms. The van der Waals surface area contributed by atoms with Gasteiger partial charge in [0.1, 0.15) is 0 Å². The molecule has 2 N–H and O–H groups in total. The number of fused-ring (bicyclic) bond motifs is 1. The average Bonchev–Trinajstić information content (AvgIpc) is 2.69. The smallest absolute Gasteiger partial charge is 0.249 e. The van der Waals surface area contributed by atoms with Crippen molar-refractivity contribution in [3.63, 3.8) is 0 Å². The molecular formula is C20H16N6O. The van der Waals surface area contributed by atoms with Gasteiger partial charge in [-0.15, -0.1) is 5.10 Å². The summed E-state index contributed by atoms with van der Waals surface area (Å²) in [6.45, 7) is 1.54. The van der Waals surface area contributed by atoms with Crippen LogP contribution in [0.2, 0.25) is 0 Å². The molecule has 0 unspecified atom stereocenters. The Morgan fingerprint density at radius 2 is 1.78 bits per heavy atom. The second-order valence-electron chi connectivity index (χ2n) is 5.93. The molecule has 0 saturated heterocycles.